The normalized spacial score (nSPS) is 11.4. The third-order valence-corrected chi connectivity index (χ3v) is 3.08. The predicted octanol–water partition coefficient (Wildman–Crippen LogP) is 1.54. The van der Waals surface area contributed by atoms with Crippen molar-refractivity contribution in [1.29, 1.82) is 0 Å². The summed E-state index contributed by atoms with van der Waals surface area (Å²) in [4.78, 5) is 18.6. The average molecular weight is 329 g/mol. The predicted molar refractivity (Wildman–Crippen MR) is 80.8 cm³/mol. The molecule has 3 rings (SSSR count). The van der Waals surface area contributed by atoms with Crippen molar-refractivity contribution in [3.8, 4) is 11.8 Å². The lowest BCUT2D eigenvalue weighted by atomic mass is 10.1. The molecule has 2 heterocycles. The van der Waals surface area contributed by atoms with Crippen LogP contribution in [-0.2, 0) is 0 Å². The fourth-order valence-corrected chi connectivity index (χ4v) is 1.98. The molecule has 11 heteroatoms. The zero-order valence-electron chi connectivity index (χ0n) is 12.2. The van der Waals surface area contributed by atoms with E-state index in [1.807, 2.05) is 0 Å². The van der Waals surface area contributed by atoms with Crippen LogP contribution >= 0.6 is 0 Å². The zero-order chi connectivity index (χ0) is 17.4. The molecule has 0 aliphatic heterocycles. The van der Waals surface area contributed by atoms with Crippen molar-refractivity contribution in [1.82, 2.24) is 19.6 Å². The van der Waals surface area contributed by atoms with E-state index in [1.54, 1.807) is 13.0 Å². The van der Waals surface area contributed by atoms with E-state index >= 15 is 0 Å². The van der Waals surface area contributed by atoms with Gasteiger partial charge in [-0.2, -0.15) is 14.5 Å². The molecular formula is C13H11N7O4. The van der Waals surface area contributed by atoms with Crippen LogP contribution in [0.15, 0.2) is 28.4 Å². The van der Waals surface area contributed by atoms with Crippen LogP contribution in [0, 0.1) is 6.92 Å². The highest BCUT2D eigenvalue weighted by atomic mass is 16.4. The van der Waals surface area contributed by atoms with Crippen molar-refractivity contribution in [2.45, 2.75) is 6.92 Å². The van der Waals surface area contributed by atoms with Crippen molar-refractivity contribution in [2.75, 3.05) is 5.73 Å². The van der Waals surface area contributed by atoms with Gasteiger partial charge >= 0.3 is 5.97 Å². The van der Waals surface area contributed by atoms with E-state index in [-0.39, 0.29) is 23.0 Å². The number of aromatic nitrogens is 4. The Bertz CT molecular complexity index is 996. The van der Waals surface area contributed by atoms with Gasteiger partial charge < -0.3 is 21.1 Å². The third kappa shape index (κ3) is 2.54. The van der Waals surface area contributed by atoms with Crippen LogP contribution in [0.1, 0.15) is 15.9 Å². The number of hydrogen-bond donors (Lipinski definition) is 4. The molecule has 0 bridgehead atoms. The van der Waals surface area contributed by atoms with Gasteiger partial charge in [-0.25, -0.2) is 4.79 Å². The maximum Gasteiger partial charge on any atom is 0.337 e. The van der Waals surface area contributed by atoms with Crippen molar-refractivity contribution >= 4 is 29.1 Å². The van der Waals surface area contributed by atoms with Gasteiger partial charge in [0.05, 0.1) is 5.56 Å². The molecule has 0 atom stereocenters. The molecule has 122 valence electrons. The van der Waals surface area contributed by atoms with E-state index < -0.39 is 23.4 Å². The summed E-state index contributed by atoms with van der Waals surface area (Å²) in [6.45, 7) is 1.73. The topological polar surface area (TPSA) is 172 Å². The summed E-state index contributed by atoms with van der Waals surface area (Å²) >= 11 is 0. The van der Waals surface area contributed by atoms with E-state index in [0.717, 1.165) is 10.1 Å². The Morgan fingerprint density at radius 1 is 1.25 bits per heavy atom. The van der Waals surface area contributed by atoms with Crippen LogP contribution in [0.2, 0.25) is 0 Å². The summed E-state index contributed by atoms with van der Waals surface area (Å²) in [5.74, 6) is -2.70. The Balaban J connectivity index is 2.10. The summed E-state index contributed by atoms with van der Waals surface area (Å²) < 4.78 is 0.872. The number of hydrogen-bond acceptors (Lipinski definition) is 9. The summed E-state index contributed by atoms with van der Waals surface area (Å²) in [7, 11) is 0. The van der Waals surface area contributed by atoms with Crippen LogP contribution < -0.4 is 5.73 Å². The van der Waals surface area contributed by atoms with E-state index in [0.29, 0.717) is 0 Å². The first-order valence-electron chi connectivity index (χ1n) is 6.56. The lowest BCUT2D eigenvalue weighted by Gasteiger charge is -2.03. The molecule has 0 spiro atoms. The SMILES string of the molecule is Cc1ccc(/N=N/c2c(O)nc3nc(N)nn3c2O)c(C(=O)O)c1. The van der Waals surface area contributed by atoms with Crippen LogP contribution in [0.3, 0.4) is 0 Å². The first-order chi connectivity index (χ1) is 11.4. The molecule has 5 N–H and O–H groups in total. The molecule has 24 heavy (non-hydrogen) atoms. The Labute approximate surface area is 133 Å². The van der Waals surface area contributed by atoms with E-state index in [1.165, 1.54) is 12.1 Å². The minimum atomic E-state index is -1.18. The Hall–Kier alpha value is -3.76. The van der Waals surface area contributed by atoms with Crippen LogP contribution in [-0.4, -0.2) is 40.9 Å². The standard InChI is InChI=1S/C13H11N7O4/c1-5-2-3-7(6(4-5)11(23)24)17-18-8-9(21)15-13-16-12(14)19-20(13)10(8)22/h2-4,22H,1H3,(H,23,24)(H3,14,15,16,19,21)/b18-17+. The van der Waals surface area contributed by atoms with Crippen molar-refractivity contribution in [3.05, 3.63) is 29.3 Å². The number of nitrogen functional groups attached to an aromatic ring is 1. The Kier molecular flexibility index (Phi) is 3.45. The maximum absolute atomic E-state index is 11.2. The maximum atomic E-state index is 11.2. The summed E-state index contributed by atoms with van der Waals surface area (Å²) in [5, 5.41) is 40.2. The fourth-order valence-electron chi connectivity index (χ4n) is 1.98. The first-order valence-corrected chi connectivity index (χ1v) is 6.56. The van der Waals surface area contributed by atoms with Gasteiger partial charge in [-0.05, 0) is 19.1 Å². The molecule has 0 aliphatic carbocycles. The summed E-state index contributed by atoms with van der Waals surface area (Å²) in [6, 6.07) is 4.53. The van der Waals surface area contributed by atoms with Crippen molar-refractivity contribution in [3.63, 3.8) is 0 Å². The molecule has 0 unspecified atom stereocenters. The molecule has 1 aromatic carbocycles. The number of benzene rings is 1. The number of aromatic hydroxyl groups is 2. The number of carbonyl (C=O) groups is 1. The summed E-state index contributed by atoms with van der Waals surface area (Å²) in [6.07, 6.45) is 0. The van der Waals surface area contributed by atoms with Crippen LogP contribution in [0.25, 0.3) is 5.78 Å². The molecule has 0 saturated heterocycles. The number of fused-ring (bicyclic) bond motifs is 1. The Morgan fingerprint density at radius 3 is 2.71 bits per heavy atom. The van der Waals surface area contributed by atoms with Gasteiger partial charge in [0.1, 0.15) is 5.69 Å². The number of aromatic carboxylic acids is 1. The largest absolute Gasteiger partial charge is 0.491 e. The number of azo groups is 1. The van der Waals surface area contributed by atoms with Gasteiger partial charge in [-0.3, -0.25) is 0 Å². The molecule has 0 saturated carbocycles. The highest BCUT2D eigenvalue weighted by Crippen LogP contribution is 2.36. The minimum absolute atomic E-state index is 0.0464. The zero-order valence-corrected chi connectivity index (χ0v) is 12.2. The minimum Gasteiger partial charge on any atom is -0.491 e. The lowest BCUT2D eigenvalue weighted by Crippen LogP contribution is -1.97. The lowest BCUT2D eigenvalue weighted by molar-refractivity contribution is 0.0697. The van der Waals surface area contributed by atoms with Gasteiger partial charge in [-0.1, -0.05) is 11.6 Å². The molecule has 3 aromatic rings. The molecule has 0 amide bonds. The smallest absolute Gasteiger partial charge is 0.337 e. The van der Waals surface area contributed by atoms with Gasteiger partial charge in [0, 0.05) is 0 Å². The first kappa shape index (κ1) is 15.1. The van der Waals surface area contributed by atoms with Gasteiger partial charge in [0.25, 0.3) is 5.78 Å². The molecule has 0 fully saturated rings. The highest BCUT2D eigenvalue weighted by Gasteiger charge is 2.17. The number of carboxylic acid groups (broad SMARTS) is 1. The fraction of sp³-hybridized carbons (Fsp3) is 0.0769. The number of nitrogens with two attached hydrogens (primary N) is 1. The van der Waals surface area contributed by atoms with Crippen LogP contribution in [0.5, 0.6) is 11.8 Å². The van der Waals surface area contributed by atoms with Gasteiger partial charge in [-0.15, -0.1) is 15.3 Å². The molecule has 0 aliphatic rings. The molecule has 2 aromatic heterocycles. The monoisotopic (exact) mass is 329 g/mol. The number of anilines is 1. The Morgan fingerprint density at radius 2 is 2.00 bits per heavy atom. The second-order valence-electron chi connectivity index (χ2n) is 4.82. The highest BCUT2D eigenvalue weighted by molar-refractivity contribution is 5.93. The average Bonchev–Trinajstić information content (AvgIpc) is 2.88. The van der Waals surface area contributed by atoms with E-state index in [9.17, 15) is 20.1 Å². The third-order valence-electron chi connectivity index (χ3n) is 3.08. The van der Waals surface area contributed by atoms with Crippen molar-refractivity contribution < 1.29 is 20.1 Å². The molecular weight excluding hydrogens is 318 g/mol. The number of nitrogens with zero attached hydrogens (tertiary/aromatic N) is 6. The second-order valence-corrected chi connectivity index (χ2v) is 4.82. The van der Waals surface area contributed by atoms with Crippen LogP contribution in [0.4, 0.5) is 17.3 Å². The van der Waals surface area contributed by atoms with E-state index in [4.69, 9.17) is 5.73 Å². The van der Waals surface area contributed by atoms with Gasteiger partial charge in [0.2, 0.25) is 23.4 Å². The summed E-state index contributed by atoms with van der Waals surface area (Å²) in [5.41, 5.74) is 5.71. The quantitative estimate of drug-likeness (QED) is 0.524. The number of aryl methyl sites for hydroxylation is 1. The van der Waals surface area contributed by atoms with E-state index in [2.05, 4.69) is 25.3 Å². The second kappa shape index (κ2) is 5.46. The molecule has 11 nitrogen and oxygen atoms in total. The number of carboxylic acids is 1. The molecule has 0 radical (unpaired) electrons. The van der Waals surface area contributed by atoms with Gasteiger partial charge in [0.15, 0.2) is 0 Å². The number of rotatable bonds is 3. The van der Waals surface area contributed by atoms with Crippen molar-refractivity contribution in [2.24, 2.45) is 10.2 Å².